The van der Waals surface area contributed by atoms with Gasteiger partial charge in [-0.25, -0.2) is 4.39 Å². The van der Waals surface area contributed by atoms with E-state index < -0.39 is 23.5 Å². The molecule has 2 aromatic carbocycles. The van der Waals surface area contributed by atoms with Crippen molar-refractivity contribution in [1.82, 2.24) is 10.2 Å². The summed E-state index contributed by atoms with van der Waals surface area (Å²) in [6.45, 7) is 0. The number of thiophene rings is 1. The molecule has 1 aliphatic heterocycles. The highest BCUT2D eigenvalue weighted by Gasteiger charge is 2.47. The second-order valence-corrected chi connectivity index (χ2v) is 11.3. The summed E-state index contributed by atoms with van der Waals surface area (Å²) in [5.74, 6) is -1.68. The molecule has 4 heterocycles. The lowest BCUT2D eigenvalue weighted by atomic mass is 10.0. The number of amides is 1. The number of benzene rings is 2. The standard InChI is InChI=1S/C26H16FN3O4S3/c27-16-9-7-14(8-10-16)13-36-26-29-28-25(37-26)30-21(19-6-3-11-35-19)20(23(32)24(30)33)22(31)18-12-15-4-1-2-5-17(15)34-18/h1-12,21,32H,13H2/t21-/m1/s1. The van der Waals surface area contributed by atoms with E-state index in [1.807, 2.05) is 23.6 Å². The van der Waals surface area contributed by atoms with Gasteiger partial charge in [0.05, 0.1) is 5.57 Å². The molecule has 1 atom stereocenters. The number of ketones is 1. The van der Waals surface area contributed by atoms with Crippen LogP contribution in [0.1, 0.15) is 27.0 Å². The molecule has 11 heteroatoms. The van der Waals surface area contributed by atoms with Crippen LogP contribution in [-0.2, 0) is 10.5 Å². The average molecular weight is 550 g/mol. The molecule has 0 saturated carbocycles. The Labute approximate surface area is 221 Å². The molecule has 0 spiro atoms. The lowest BCUT2D eigenvalue weighted by Gasteiger charge is -2.22. The molecule has 5 aromatic rings. The zero-order valence-electron chi connectivity index (χ0n) is 18.8. The normalized spacial score (nSPS) is 15.8. The summed E-state index contributed by atoms with van der Waals surface area (Å²) >= 11 is 3.93. The Bertz CT molecular complexity index is 1620. The number of halogens is 1. The van der Waals surface area contributed by atoms with Crippen LogP contribution in [0.15, 0.2) is 92.2 Å². The molecule has 6 rings (SSSR count). The van der Waals surface area contributed by atoms with Gasteiger partial charge in [0.15, 0.2) is 15.9 Å². The van der Waals surface area contributed by atoms with Gasteiger partial charge < -0.3 is 9.52 Å². The molecule has 0 bridgehead atoms. The van der Waals surface area contributed by atoms with Crippen molar-refractivity contribution >= 4 is 62.2 Å². The second kappa shape index (κ2) is 9.58. The third-order valence-electron chi connectivity index (χ3n) is 5.79. The third kappa shape index (κ3) is 4.35. The monoisotopic (exact) mass is 549 g/mol. The molecular weight excluding hydrogens is 534 g/mol. The largest absolute Gasteiger partial charge is 0.503 e. The minimum atomic E-state index is -0.879. The van der Waals surface area contributed by atoms with Crippen LogP contribution in [0.2, 0.25) is 0 Å². The number of thioether (sulfide) groups is 1. The summed E-state index contributed by atoms with van der Waals surface area (Å²) in [6.07, 6.45) is 0. The fraction of sp³-hybridized carbons (Fsp3) is 0.0769. The quantitative estimate of drug-likeness (QED) is 0.140. The smallest absolute Gasteiger partial charge is 0.296 e. The van der Waals surface area contributed by atoms with Gasteiger partial charge in [-0.3, -0.25) is 14.5 Å². The van der Waals surface area contributed by atoms with Crippen molar-refractivity contribution in [3.05, 3.63) is 105 Å². The maximum Gasteiger partial charge on any atom is 0.296 e. The van der Waals surface area contributed by atoms with Crippen molar-refractivity contribution in [1.29, 1.82) is 0 Å². The summed E-state index contributed by atoms with van der Waals surface area (Å²) < 4.78 is 19.5. The minimum absolute atomic E-state index is 0.0340. The first-order valence-electron chi connectivity index (χ1n) is 11.0. The molecule has 0 aliphatic carbocycles. The van der Waals surface area contributed by atoms with E-state index in [2.05, 4.69) is 10.2 Å². The fourth-order valence-corrected chi connectivity index (χ4v) is 6.71. The number of carbonyl (C=O) groups excluding carboxylic acids is 2. The van der Waals surface area contributed by atoms with Crippen LogP contribution in [0.4, 0.5) is 9.52 Å². The van der Waals surface area contributed by atoms with E-state index in [4.69, 9.17) is 4.42 Å². The lowest BCUT2D eigenvalue weighted by Crippen LogP contribution is -2.30. The van der Waals surface area contributed by atoms with Crippen molar-refractivity contribution in [3.8, 4) is 0 Å². The molecule has 1 aliphatic rings. The van der Waals surface area contributed by atoms with Crippen LogP contribution in [0.25, 0.3) is 11.0 Å². The van der Waals surface area contributed by atoms with E-state index in [1.54, 1.807) is 36.4 Å². The van der Waals surface area contributed by atoms with Crippen molar-refractivity contribution < 1.29 is 23.5 Å². The number of carbonyl (C=O) groups is 2. The molecule has 0 fully saturated rings. The highest BCUT2D eigenvalue weighted by Crippen LogP contribution is 2.45. The van der Waals surface area contributed by atoms with E-state index in [-0.39, 0.29) is 22.3 Å². The third-order valence-corrected chi connectivity index (χ3v) is 8.84. The molecule has 0 saturated heterocycles. The van der Waals surface area contributed by atoms with Crippen LogP contribution in [-0.4, -0.2) is 27.0 Å². The topological polar surface area (TPSA) is 96.5 Å². The highest BCUT2D eigenvalue weighted by atomic mass is 32.2. The van der Waals surface area contributed by atoms with Crippen LogP contribution in [0.5, 0.6) is 0 Å². The number of aliphatic hydroxyl groups is 1. The van der Waals surface area contributed by atoms with Gasteiger partial charge in [0.1, 0.15) is 17.4 Å². The Hall–Kier alpha value is -3.80. The van der Waals surface area contributed by atoms with Crippen LogP contribution >= 0.6 is 34.4 Å². The molecule has 184 valence electrons. The van der Waals surface area contributed by atoms with E-state index >= 15 is 0 Å². The van der Waals surface area contributed by atoms with Crippen molar-refractivity contribution in [3.63, 3.8) is 0 Å². The van der Waals surface area contributed by atoms with Gasteiger partial charge in [-0.1, -0.05) is 59.5 Å². The first-order valence-corrected chi connectivity index (χ1v) is 13.7. The zero-order valence-corrected chi connectivity index (χ0v) is 21.3. The Balaban J connectivity index is 1.32. The van der Waals surface area contributed by atoms with Gasteiger partial charge in [0.2, 0.25) is 10.9 Å². The van der Waals surface area contributed by atoms with Crippen LogP contribution in [0.3, 0.4) is 0 Å². The number of aromatic nitrogens is 2. The predicted octanol–water partition coefficient (Wildman–Crippen LogP) is 6.56. The summed E-state index contributed by atoms with van der Waals surface area (Å²) in [7, 11) is 0. The number of fused-ring (bicyclic) bond motifs is 1. The number of furan rings is 1. The summed E-state index contributed by atoms with van der Waals surface area (Å²) in [5, 5.41) is 22.1. The Morgan fingerprint density at radius 1 is 1.11 bits per heavy atom. The van der Waals surface area contributed by atoms with E-state index in [1.165, 1.54) is 51.5 Å². The number of nitrogens with zero attached hydrogens (tertiary/aromatic N) is 3. The molecular formula is C26H16FN3O4S3. The Morgan fingerprint density at radius 3 is 2.68 bits per heavy atom. The minimum Gasteiger partial charge on any atom is -0.503 e. The lowest BCUT2D eigenvalue weighted by molar-refractivity contribution is -0.117. The van der Waals surface area contributed by atoms with Crippen molar-refractivity contribution in [2.75, 3.05) is 4.90 Å². The second-order valence-electron chi connectivity index (χ2n) is 8.10. The zero-order chi connectivity index (χ0) is 25.5. The van der Waals surface area contributed by atoms with Crippen molar-refractivity contribution in [2.24, 2.45) is 0 Å². The summed E-state index contributed by atoms with van der Waals surface area (Å²) in [6, 6.07) is 17.7. The molecule has 37 heavy (non-hydrogen) atoms. The number of hydrogen-bond donors (Lipinski definition) is 1. The first kappa shape index (κ1) is 23.6. The molecule has 3 aromatic heterocycles. The fourth-order valence-electron chi connectivity index (χ4n) is 4.06. The van der Waals surface area contributed by atoms with E-state index in [9.17, 15) is 19.1 Å². The molecule has 1 amide bonds. The highest BCUT2D eigenvalue weighted by molar-refractivity contribution is 8.00. The predicted molar refractivity (Wildman–Crippen MR) is 141 cm³/mol. The number of aliphatic hydroxyl groups excluding tert-OH is 1. The number of rotatable bonds is 7. The molecule has 0 radical (unpaired) electrons. The van der Waals surface area contributed by atoms with Gasteiger partial charge >= 0.3 is 0 Å². The van der Waals surface area contributed by atoms with Crippen LogP contribution < -0.4 is 4.90 Å². The average Bonchev–Trinajstić information content (AvgIpc) is 3.70. The van der Waals surface area contributed by atoms with E-state index in [0.29, 0.717) is 20.6 Å². The van der Waals surface area contributed by atoms with Crippen molar-refractivity contribution in [2.45, 2.75) is 16.1 Å². The van der Waals surface area contributed by atoms with Crippen LogP contribution in [0, 0.1) is 5.82 Å². The maximum atomic E-state index is 13.6. The molecule has 7 nitrogen and oxygen atoms in total. The number of para-hydroxylation sites is 1. The first-order chi connectivity index (χ1) is 18.0. The summed E-state index contributed by atoms with van der Waals surface area (Å²) in [5.41, 5.74) is 1.38. The number of hydrogen-bond acceptors (Lipinski definition) is 9. The SMILES string of the molecule is O=C(C1=C(O)C(=O)N(c2nnc(SCc3ccc(F)cc3)s2)[C@@H]1c1cccs1)c1cc2ccccc2o1. The Kier molecular flexibility index (Phi) is 6.11. The molecule has 0 unspecified atom stereocenters. The Morgan fingerprint density at radius 2 is 1.92 bits per heavy atom. The van der Waals surface area contributed by atoms with E-state index in [0.717, 1.165) is 10.9 Å². The number of anilines is 1. The maximum absolute atomic E-state index is 13.6. The van der Waals surface area contributed by atoms with Gasteiger partial charge in [0.25, 0.3) is 5.91 Å². The van der Waals surface area contributed by atoms with Gasteiger partial charge in [0, 0.05) is 16.0 Å². The number of Topliss-reactive ketones (excluding diaryl/α,β-unsaturated/α-hetero) is 1. The van der Waals surface area contributed by atoms with Gasteiger partial charge in [-0.2, -0.15) is 0 Å². The summed E-state index contributed by atoms with van der Waals surface area (Å²) in [4.78, 5) is 28.9. The molecule has 1 N–H and O–H groups in total. The van der Waals surface area contributed by atoms with Gasteiger partial charge in [-0.15, -0.1) is 21.5 Å². The van der Waals surface area contributed by atoms with Gasteiger partial charge in [-0.05, 0) is 41.3 Å².